The predicted octanol–water partition coefficient (Wildman–Crippen LogP) is 3.90. The number of nitrogens with two attached hydrogens (primary N) is 1. The fourth-order valence-electron chi connectivity index (χ4n) is 2.33. The van der Waals surface area contributed by atoms with E-state index in [2.05, 4.69) is 25.0 Å². The fourth-order valence-corrected chi connectivity index (χ4v) is 2.33. The summed E-state index contributed by atoms with van der Waals surface area (Å²) in [7, 11) is 0. The summed E-state index contributed by atoms with van der Waals surface area (Å²) in [5.41, 5.74) is 7.63. The highest BCUT2D eigenvalue weighted by Crippen LogP contribution is 2.29. The number of benzene rings is 2. The van der Waals surface area contributed by atoms with Crippen LogP contribution in [0.1, 0.15) is 5.82 Å². The number of imidazole rings is 1. The van der Waals surface area contributed by atoms with Crippen molar-refractivity contribution in [1.29, 1.82) is 0 Å². The number of aliphatic imine (C=N–C) groups is 1. The summed E-state index contributed by atoms with van der Waals surface area (Å²) in [4.78, 5) is 11.4. The molecule has 3 rings (SSSR count). The molecule has 0 unspecified atom stereocenters. The molecule has 0 spiro atoms. The van der Waals surface area contributed by atoms with Crippen LogP contribution in [0, 0.1) is 0 Å². The molecule has 0 saturated carbocycles. The Morgan fingerprint density at radius 2 is 1.81 bits per heavy atom. The Hall–Kier alpha value is -3.49. The molecule has 0 saturated heterocycles. The first kappa shape index (κ1) is 18.3. The first-order valence-electron chi connectivity index (χ1n) is 7.92. The molecule has 4 N–H and O–H groups in total. The minimum Gasteiger partial charge on any atom is -0.404 e. The van der Waals surface area contributed by atoms with Crippen LogP contribution in [0.5, 0.6) is 5.75 Å². The summed E-state index contributed by atoms with van der Waals surface area (Å²) in [6, 6.07) is 15.2. The van der Waals surface area contributed by atoms with Gasteiger partial charge in [-0.25, -0.2) is 9.98 Å². The average Bonchev–Trinajstić information content (AvgIpc) is 3.10. The number of nitrogens with one attached hydrogen (secondary N) is 2. The van der Waals surface area contributed by atoms with Crippen LogP contribution in [-0.4, -0.2) is 22.3 Å². The number of para-hydroxylation sites is 2. The van der Waals surface area contributed by atoms with E-state index in [1.54, 1.807) is 12.3 Å². The number of hydrogen-bond acceptors (Lipinski definition) is 3. The molecule has 0 atom stereocenters. The van der Waals surface area contributed by atoms with Crippen LogP contribution in [0.25, 0.3) is 11.3 Å². The van der Waals surface area contributed by atoms with Crippen molar-refractivity contribution in [1.82, 2.24) is 9.97 Å². The van der Waals surface area contributed by atoms with Gasteiger partial charge in [0.05, 0.1) is 17.6 Å². The van der Waals surface area contributed by atoms with E-state index in [-0.39, 0.29) is 18.2 Å². The van der Waals surface area contributed by atoms with Crippen molar-refractivity contribution in [3.05, 3.63) is 66.6 Å². The molecule has 0 aliphatic heterocycles. The maximum absolute atomic E-state index is 12.4. The Kier molecular flexibility index (Phi) is 5.30. The molecule has 0 radical (unpaired) electrons. The summed E-state index contributed by atoms with van der Waals surface area (Å²) in [6.45, 7) is 0.133. The Balaban J connectivity index is 1.67. The van der Waals surface area contributed by atoms with Crippen LogP contribution in [0.15, 0.2) is 65.8 Å². The van der Waals surface area contributed by atoms with Crippen LogP contribution < -0.4 is 15.8 Å². The van der Waals surface area contributed by atoms with E-state index in [1.807, 2.05) is 30.3 Å². The molecule has 0 aliphatic rings. The van der Waals surface area contributed by atoms with E-state index in [9.17, 15) is 13.2 Å². The molecule has 1 heterocycles. The molecule has 9 heteroatoms. The third kappa shape index (κ3) is 5.24. The monoisotopic (exact) mass is 375 g/mol. The summed E-state index contributed by atoms with van der Waals surface area (Å²) in [5.74, 6) is 0.108. The quantitative estimate of drug-likeness (QED) is 0.466. The molecular weight excluding hydrogens is 359 g/mol. The normalized spacial score (nSPS) is 12.0. The van der Waals surface area contributed by atoms with Crippen molar-refractivity contribution in [3.8, 4) is 17.0 Å². The van der Waals surface area contributed by atoms with Crippen molar-refractivity contribution in [2.24, 2.45) is 10.7 Å². The van der Waals surface area contributed by atoms with Crippen LogP contribution in [0.3, 0.4) is 0 Å². The molecular formula is C18H16F3N5O. The van der Waals surface area contributed by atoms with E-state index in [0.717, 1.165) is 11.3 Å². The number of ether oxygens (including phenoxy) is 1. The van der Waals surface area contributed by atoms with Crippen molar-refractivity contribution in [3.63, 3.8) is 0 Å². The summed E-state index contributed by atoms with van der Waals surface area (Å²) in [5, 5.41) is 2.60. The second kappa shape index (κ2) is 7.81. The van der Waals surface area contributed by atoms with Crippen molar-refractivity contribution < 1.29 is 17.9 Å². The van der Waals surface area contributed by atoms with Gasteiger partial charge in [-0.15, -0.1) is 13.2 Å². The zero-order chi connectivity index (χ0) is 19.3. The lowest BCUT2D eigenvalue weighted by molar-refractivity contribution is -0.274. The van der Waals surface area contributed by atoms with Gasteiger partial charge >= 0.3 is 6.36 Å². The lowest BCUT2D eigenvalue weighted by Crippen LogP contribution is -2.24. The first-order chi connectivity index (χ1) is 12.9. The Bertz CT molecular complexity index is 922. The Morgan fingerprint density at radius 1 is 1.11 bits per heavy atom. The zero-order valence-corrected chi connectivity index (χ0v) is 14.0. The van der Waals surface area contributed by atoms with Crippen LogP contribution >= 0.6 is 0 Å². The molecule has 27 heavy (non-hydrogen) atoms. The fraction of sp³-hybridized carbons (Fsp3) is 0.111. The molecule has 140 valence electrons. The molecule has 2 aromatic carbocycles. The second-order valence-electron chi connectivity index (χ2n) is 5.48. The number of alkyl halides is 3. The summed E-state index contributed by atoms with van der Waals surface area (Å²) >= 11 is 0. The van der Waals surface area contributed by atoms with Crippen molar-refractivity contribution in [2.45, 2.75) is 12.9 Å². The van der Waals surface area contributed by atoms with Gasteiger partial charge in [0.1, 0.15) is 12.4 Å². The third-order valence-electron chi connectivity index (χ3n) is 3.49. The van der Waals surface area contributed by atoms with Gasteiger partial charge in [-0.1, -0.05) is 42.5 Å². The smallest absolute Gasteiger partial charge is 0.404 e. The Morgan fingerprint density at radius 3 is 2.56 bits per heavy atom. The van der Waals surface area contributed by atoms with Crippen LogP contribution in [0.2, 0.25) is 0 Å². The number of aromatic nitrogens is 2. The standard InChI is InChI=1S/C18H16F3N5O/c19-18(20,21)27-15-9-5-4-8-13(15)26-17(22)24-11-16-23-10-14(25-16)12-6-2-1-3-7-12/h1-10H,11H2,(H,23,25)(H3,22,24,26). The first-order valence-corrected chi connectivity index (χ1v) is 7.92. The number of halogens is 3. The van der Waals surface area contributed by atoms with Gasteiger partial charge in [-0.05, 0) is 17.7 Å². The van der Waals surface area contributed by atoms with E-state index < -0.39 is 12.1 Å². The molecule has 6 nitrogen and oxygen atoms in total. The van der Waals surface area contributed by atoms with Gasteiger partial charge in [0.2, 0.25) is 0 Å². The SMILES string of the molecule is NC(=NCc1ncc(-c2ccccc2)[nH]1)Nc1ccccc1OC(F)(F)F. The van der Waals surface area contributed by atoms with Crippen LogP contribution in [0.4, 0.5) is 18.9 Å². The highest BCUT2D eigenvalue weighted by atomic mass is 19.4. The van der Waals surface area contributed by atoms with E-state index in [4.69, 9.17) is 5.73 Å². The van der Waals surface area contributed by atoms with E-state index >= 15 is 0 Å². The maximum Gasteiger partial charge on any atom is 0.573 e. The molecule has 0 amide bonds. The third-order valence-corrected chi connectivity index (χ3v) is 3.49. The number of aromatic amines is 1. The molecule has 1 aromatic heterocycles. The Labute approximate surface area is 152 Å². The minimum absolute atomic E-state index is 0.0560. The zero-order valence-electron chi connectivity index (χ0n) is 14.0. The number of guanidine groups is 1. The summed E-state index contributed by atoms with van der Waals surface area (Å²) in [6.07, 6.45) is -3.12. The number of H-pyrrole nitrogens is 1. The number of anilines is 1. The van der Waals surface area contributed by atoms with Gasteiger partial charge in [-0.2, -0.15) is 0 Å². The highest BCUT2D eigenvalue weighted by molar-refractivity contribution is 5.93. The molecule has 0 fully saturated rings. The van der Waals surface area contributed by atoms with Gasteiger partial charge in [0, 0.05) is 0 Å². The topological polar surface area (TPSA) is 88.3 Å². The second-order valence-corrected chi connectivity index (χ2v) is 5.48. The molecule has 0 aliphatic carbocycles. The van der Waals surface area contributed by atoms with Crippen molar-refractivity contribution >= 4 is 11.6 Å². The number of rotatable bonds is 5. The highest BCUT2D eigenvalue weighted by Gasteiger charge is 2.32. The van der Waals surface area contributed by atoms with E-state index in [1.165, 1.54) is 18.2 Å². The molecule has 3 aromatic rings. The van der Waals surface area contributed by atoms with Gasteiger partial charge in [0.25, 0.3) is 0 Å². The average molecular weight is 375 g/mol. The lowest BCUT2D eigenvalue weighted by Gasteiger charge is -2.14. The molecule has 0 bridgehead atoms. The number of hydrogen-bond donors (Lipinski definition) is 3. The van der Waals surface area contributed by atoms with Gasteiger partial charge in [0.15, 0.2) is 11.7 Å². The van der Waals surface area contributed by atoms with Gasteiger partial charge in [-0.3, -0.25) is 0 Å². The summed E-state index contributed by atoms with van der Waals surface area (Å²) < 4.78 is 41.3. The van der Waals surface area contributed by atoms with Gasteiger partial charge < -0.3 is 20.8 Å². The largest absolute Gasteiger partial charge is 0.573 e. The number of nitrogens with zero attached hydrogens (tertiary/aromatic N) is 2. The predicted molar refractivity (Wildman–Crippen MR) is 96.1 cm³/mol. The van der Waals surface area contributed by atoms with Crippen molar-refractivity contribution in [2.75, 3.05) is 5.32 Å². The maximum atomic E-state index is 12.4. The van der Waals surface area contributed by atoms with Crippen LogP contribution in [-0.2, 0) is 6.54 Å². The van der Waals surface area contributed by atoms with E-state index in [0.29, 0.717) is 5.82 Å². The minimum atomic E-state index is -4.80. The lowest BCUT2D eigenvalue weighted by atomic mass is 10.2.